The van der Waals surface area contributed by atoms with Crippen LogP contribution in [0.5, 0.6) is 0 Å². The third-order valence-electron chi connectivity index (χ3n) is 6.65. The van der Waals surface area contributed by atoms with E-state index in [0.29, 0.717) is 30.8 Å². The van der Waals surface area contributed by atoms with Gasteiger partial charge in [0.25, 0.3) is 0 Å². The van der Waals surface area contributed by atoms with Crippen LogP contribution in [0, 0.1) is 0 Å². The van der Waals surface area contributed by atoms with Crippen molar-refractivity contribution in [2.45, 2.75) is 12.8 Å². The van der Waals surface area contributed by atoms with E-state index in [1.54, 1.807) is 0 Å². The fourth-order valence-electron chi connectivity index (χ4n) is 4.67. The molecule has 4 aromatic rings. The maximum Gasteiger partial charge on any atom is 0.335 e. The lowest BCUT2D eigenvalue weighted by Crippen LogP contribution is -2.14. The molecule has 0 atom stereocenters. The number of benzene rings is 4. The van der Waals surface area contributed by atoms with E-state index in [1.807, 2.05) is 78.9 Å². The predicted octanol–water partition coefficient (Wildman–Crippen LogP) is 8.80. The molecule has 0 radical (unpaired) electrons. The number of hydrogen-bond acceptors (Lipinski definition) is 2. The average molecular weight is 511 g/mol. The Balaban J connectivity index is 1.72. The minimum Gasteiger partial charge on any atom is -0.492 e. The second-order valence-corrected chi connectivity index (χ2v) is 9.33. The summed E-state index contributed by atoms with van der Waals surface area (Å²) < 4.78 is 6.04. The van der Waals surface area contributed by atoms with Gasteiger partial charge in [0.1, 0.15) is 5.76 Å². The average Bonchev–Trinajstić information content (AvgIpc) is 2.99. The van der Waals surface area contributed by atoms with Crippen molar-refractivity contribution >= 4 is 48.2 Å². The van der Waals surface area contributed by atoms with Crippen molar-refractivity contribution in [3.05, 3.63) is 148 Å². The molecule has 3 heteroatoms. The van der Waals surface area contributed by atoms with Gasteiger partial charge in [-0.1, -0.05) is 140 Å². The van der Waals surface area contributed by atoms with Gasteiger partial charge in [-0.15, -0.1) is 0 Å². The molecule has 0 spiro atoms. The molecule has 0 saturated carbocycles. The summed E-state index contributed by atoms with van der Waals surface area (Å²) in [5.41, 5.74) is 7.27. The highest BCUT2D eigenvalue weighted by Crippen LogP contribution is 2.35. The van der Waals surface area contributed by atoms with Gasteiger partial charge in [0, 0.05) is 5.56 Å². The summed E-state index contributed by atoms with van der Waals surface area (Å²) in [5.74, 6) is -0.480. The summed E-state index contributed by atoms with van der Waals surface area (Å²) in [6.45, 7) is 0.499. The zero-order valence-electron chi connectivity index (χ0n) is 21.7. The molecule has 4 aromatic carbocycles. The van der Waals surface area contributed by atoms with Crippen molar-refractivity contribution < 1.29 is 14.6 Å². The van der Waals surface area contributed by atoms with Crippen LogP contribution in [-0.4, -0.2) is 17.7 Å². The van der Waals surface area contributed by atoms with Gasteiger partial charge in [-0.25, -0.2) is 4.79 Å². The quantitative estimate of drug-likeness (QED) is 0.241. The standard InChI is InChI=1S/C36H30O3/c37-36(38)34-17-10-26-39-35(34)33-25-22-30(21-18-27-11-4-1-5-12-27)31(23-19-28-13-6-2-7-14-28)32(33)24-20-29-15-8-3-9-16-29/h1-9,11-16,18-25H,10,17,26H2,(H,37,38). The Bertz CT molecular complexity index is 1540. The molecular formula is C36H30O3. The van der Waals surface area contributed by atoms with Crippen LogP contribution in [0.4, 0.5) is 0 Å². The normalized spacial score (nSPS) is 13.8. The molecule has 5 rings (SSSR count). The van der Waals surface area contributed by atoms with Crippen molar-refractivity contribution in [3.8, 4) is 0 Å². The van der Waals surface area contributed by atoms with Gasteiger partial charge in [-0.3, -0.25) is 0 Å². The van der Waals surface area contributed by atoms with E-state index < -0.39 is 5.97 Å². The van der Waals surface area contributed by atoms with Crippen LogP contribution in [0.3, 0.4) is 0 Å². The number of rotatable bonds is 8. The van der Waals surface area contributed by atoms with Crippen LogP contribution in [0.25, 0.3) is 42.2 Å². The maximum absolute atomic E-state index is 12.2. The molecule has 1 aliphatic heterocycles. The SMILES string of the molecule is O=C(O)C1=C(c2ccc(C=Cc3ccccc3)c(C=Cc3ccccc3)c2C=Cc2ccccc2)OCCC1. The van der Waals surface area contributed by atoms with Gasteiger partial charge in [-0.05, 0) is 46.2 Å². The van der Waals surface area contributed by atoms with Crippen molar-refractivity contribution in [1.29, 1.82) is 0 Å². The highest BCUT2D eigenvalue weighted by molar-refractivity contribution is 5.98. The molecule has 39 heavy (non-hydrogen) atoms. The molecule has 1 aliphatic rings. The Hall–Kier alpha value is -4.89. The first-order chi connectivity index (χ1) is 19.2. The van der Waals surface area contributed by atoms with Crippen LogP contribution in [-0.2, 0) is 9.53 Å². The largest absolute Gasteiger partial charge is 0.492 e. The second kappa shape index (κ2) is 12.6. The van der Waals surface area contributed by atoms with Gasteiger partial charge in [0.2, 0.25) is 0 Å². The molecule has 192 valence electrons. The zero-order valence-corrected chi connectivity index (χ0v) is 21.7. The van der Waals surface area contributed by atoms with Gasteiger partial charge in [0.15, 0.2) is 0 Å². The first kappa shape index (κ1) is 25.7. The third kappa shape index (κ3) is 6.52. The van der Waals surface area contributed by atoms with Crippen LogP contribution < -0.4 is 0 Å². The molecule has 0 fully saturated rings. The summed E-state index contributed by atoms with van der Waals surface area (Å²) in [5, 5.41) is 9.97. The Morgan fingerprint density at radius 2 is 1.13 bits per heavy atom. The van der Waals surface area contributed by atoms with E-state index in [-0.39, 0.29) is 0 Å². The summed E-state index contributed by atoms with van der Waals surface area (Å²) >= 11 is 0. The zero-order chi connectivity index (χ0) is 26.9. The summed E-state index contributed by atoms with van der Waals surface area (Å²) in [6, 6.07) is 34.5. The number of carbonyl (C=O) groups is 1. The molecule has 0 aromatic heterocycles. The van der Waals surface area contributed by atoms with E-state index in [1.165, 1.54) is 0 Å². The molecule has 0 amide bonds. The summed E-state index contributed by atoms with van der Waals surface area (Å²) in [7, 11) is 0. The molecule has 1 heterocycles. The minimum atomic E-state index is -0.933. The van der Waals surface area contributed by atoms with E-state index in [2.05, 4.69) is 60.7 Å². The maximum atomic E-state index is 12.2. The predicted molar refractivity (Wildman–Crippen MR) is 162 cm³/mol. The lowest BCUT2D eigenvalue weighted by atomic mass is 9.90. The summed E-state index contributed by atoms with van der Waals surface area (Å²) in [6.07, 6.45) is 13.7. The smallest absolute Gasteiger partial charge is 0.335 e. The number of carboxylic acid groups (broad SMARTS) is 1. The van der Waals surface area contributed by atoms with Gasteiger partial charge >= 0.3 is 5.97 Å². The first-order valence-electron chi connectivity index (χ1n) is 13.1. The van der Waals surface area contributed by atoms with E-state index >= 15 is 0 Å². The fourth-order valence-corrected chi connectivity index (χ4v) is 4.67. The second-order valence-electron chi connectivity index (χ2n) is 9.33. The Morgan fingerprint density at radius 3 is 1.67 bits per heavy atom. The minimum absolute atomic E-state index is 0.321. The van der Waals surface area contributed by atoms with Crippen molar-refractivity contribution in [2.75, 3.05) is 6.61 Å². The van der Waals surface area contributed by atoms with Crippen LogP contribution in [0.1, 0.15) is 51.8 Å². The van der Waals surface area contributed by atoms with Gasteiger partial charge < -0.3 is 9.84 Å². The molecule has 0 unspecified atom stereocenters. The molecule has 0 saturated heterocycles. The number of hydrogen-bond donors (Lipinski definition) is 1. The molecule has 3 nitrogen and oxygen atoms in total. The van der Waals surface area contributed by atoms with Crippen molar-refractivity contribution in [2.24, 2.45) is 0 Å². The molecule has 0 bridgehead atoms. The lowest BCUT2D eigenvalue weighted by molar-refractivity contribution is -0.133. The Kier molecular flexibility index (Phi) is 8.30. The molecule has 0 aliphatic carbocycles. The number of aliphatic carboxylic acids is 1. The third-order valence-corrected chi connectivity index (χ3v) is 6.65. The fraction of sp³-hybridized carbons (Fsp3) is 0.0833. The lowest BCUT2D eigenvalue weighted by Gasteiger charge is -2.22. The monoisotopic (exact) mass is 510 g/mol. The summed E-state index contributed by atoms with van der Waals surface area (Å²) in [4.78, 5) is 12.2. The topological polar surface area (TPSA) is 46.5 Å². The molecular weight excluding hydrogens is 480 g/mol. The van der Waals surface area contributed by atoms with Crippen molar-refractivity contribution in [1.82, 2.24) is 0 Å². The van der Waals surface area contributed by atoms with Crippen LogP contribution in [0.15, 0.2) is 109 Å². The molecule has 1 N–H and O–H groups in total. The van der Waals surface area contributed by atoms with E-state index in [4.69, 9.17) is 4.74 Å². The Morgan fingerprint density at radius 1 is 0.615 bits per heavy atom. The van der Waals surface area contributed by atoms with Gasteiger partial charge in [0.05, 0.1) is 12.2 Å². The van der Waals surface area contributed by atoms with Crippen LogP contribution >= 0.6 is 0 Å². The Labute approximate surface area is 229 Å². The van der Waals surface area contributed by atoms with E-state index in [0.717, 1.165) is 38.9 Å². The van der Waals surface area contributed by atoms with E-state index in [9.17, 15) is 9.90 Å². The van der Waals surface area contributed by atoms with Crippen LogP contribution in [0.2, 0.25) is 0 Å². The number of ether oxygens (including phenoxy) is 1. The number of carboxylic acids is 1. The highest BCUT2D eigenvalue weighted by atomic mass is 16.5. The van der Waals surface area contributed by atoms with Gasteiger partial charge in [-0.2, -0.15) is 0 Å². The first-order valence-corrected chi connectivity index (χ1v) is 13.1. The highest BCUT2D eigenvalue weighted by Gasteiger charge is 2.24. The van der Waals surface area contributed by atoms with Crippen molar-refractivity contribution in [3.63, 3.8) is 0 Å².